The zero-order valence-corrected chi connectivity index (χ0v) is 7.21. The Hall–Kier alpha value is -0.120. The number of ether oxygens (including phenoxy) is 2. The van der Waals surface area contributed by atoms with Crippen LogP contribution in [-0.4, -0.2) is 32.0 Å². The molecule has 0 amide bonds. The largest absolute Gasteiger partial charge is 0.376 e. The van der Waals surface area contributed by atoms with Crippen molar-refractivity contribution in [2.45, 2.75) is 26.1 Å². The molecule has 0 heterocycles. The fraction of sp³-hybridized carbons (Fsp3) is 0.875. The first kappa shape index (κ1) is 10.9. The maximum atomic E-state index is 9.99. The van der Waals surface area contributed by atoms with Crippen LogP contribution >= 0.6 is 0 Å². The van der Waals surface area contributed by atoms with Gasteiger partial charge in [-0.05, 0) is 20.8 Å². The molecule has 2 atom stereocenters. The van der Waals surface area contributed by atoms with Crippen LogP contribution in [0.1, 0.15) is 13.8 Å². The average molecular weight is 160 g/mol. The molecule has 3 nitrogen and oxygen atoms in total. The molecule has 3 heteroatoms. The predicted octanol–water partition coefficient (Wildman–Crippen LogP) is 1.06. The van der Waals surface area contributed by atoms with Crippen molar-refractivity contribution in [2.24, 2.45) is 0 Å². The van der Waals surface area contributed by atoms with Gasteiger partial charge >= 0.3 is 0 Å². The lowest BCUT2D eigenvalue weighted by atomic mass is 10.4. The van der Waals surface area contributed by atoms with E-state index in [2.05, 4.69) is 6.92 Å². The van der Waals surface area contributed by atoms with Crippen molar-refractivity contribution < 1.29 is 14.6 Å². The zero-order chi connectivity index (χ0) is 8.69. The molecule has 2 unspecified atom stereocenters. The van der Waals surface area contributed by atoms with Crippen molar-refractivity contribution in [3.05, 3.63) is 6.92 Å². The molecule has 0 fully saturated rings. The minimum Gasteiger partial charge on any atom is -0.376 e. The Morgan fingerprint density at radius 2 is 2.00 bits per heavy atom. The molecule has 0 saturated heterocycles. The van der Waals surface area contributed by atoms with E-state index in [-0.39, 0.29) is 25.4 Å². The van der Waals surface area contributed by atoms with Crippen molar-refractivity contribution in [3.8, 4) is 0 Å². The Balaban J connectivity index is 3.15. The van der Waals surface area contributed by atoms with Gasteiger partial charge < -0.3 is 9.47 Å². The smallest absolute Gasteiger partial charge is 0.106 e. The summed E-state index contributed by atoms with van der Waals surface area (Å²) in [7, 11) is 0. The van der Waals surface area contributed by atoms with E-state index >= 15 is 0 Å². The molecule has 0 aliphatic heterocycles. The van der Waals surface area contributed by atoms with E-state index in [1.165, 1.54) is 0 Å². The lowest BCUT2D eigenvalue weighted by Crippen LogP contribution is -2.20. The molecule has 0 aromatic carbocycles. The first-order valence-electron chi connectivity index (χ1n) is 3.81. The van der Waals surface area contributed by atoms with Crippen LogP contribution in [0.2, 0.25) is 0 Å². The van der Waals surface area contributed by atoms with Gasteiger partial charge in [-0.15, -0.1) is 0 Å². The summed E-state index contributed by atoms with van der Waals surface area (Å²) >= 11 is 0. The van der Waals surface area contributed by atoms with E-state index in [1.54, 1.807) is 0 Å². The molecule has 0 aromatic heterocycles. The van der Waals surface area contributed by atoms with Crippen molar-refractivity contribution in [3.63, 3.8) is 0 Å². The molecule has 0 aliphatic carbocycles. The Morgan fingerprint density at radius 1 is 1.36 bits per heavy atom. The Kier molecular flexibility index (Phi) is 6.51. The van der Waals surface area contributed by atoms with Crippen molar-refractivity contribution in [1.82, 2.24) is 0 Å². The van der Waals surface area contributed by atoms with Gasteiger partial charge in [-0.2, -0.15) is 0 Å². The highest BCUT2D eigenvalue weighted by molar-refractivity contribution is 4.53. The van der Waals surface area contributed by atoms with Gasteiger partial charge in [-0.3, -0.25) is 0 Å². The van der Waals surface area contributed by atoms with Crippen LogP contribution in [0.15, 0.2) is 0 Å². The third kappa shape index (κ3) is 7.78. The first-order valence-corrected chi connectivity index (χ1v) is 3.81. The Morgan fingerprint density at radius 3 is 2.45 bits per heavy atom. The fourth-order valence-electron chi connectivity index (χ4n) is 0.597. The number of hydrogen-bond acceptors (Lipinski definition) is 2. The first-order chi connectivity index (χ1) is 5.16. The molecule has 0 bridgehead atoms. The van der Waals surface area contributed by atoms with Crippen molar-refractivity contribution >= 4 is 0 Å². The topological polar surface area (TPSA) is 38.4 Å². The van der Waals surface area contributed by atoms with E-state index < -0.39 is 0 Å². The van der Waals surface area contributed by atoms with Crippen LogP contribution in [-0.2, 0) is 14.6 Å². The lowest BCUT2D eigenvalue weighted by molar-refractivity contribution is -0.0365. The highest BCUT2D eigenvalue weighted by Gasteiger charge is 2.02. The fourth-order valence-corrected chi connectivity index (χ4v) is 0.597. The Bertz CT molecular complexity index is 83.4. The maximum absolute atomic E-state index is 9.99. The average Bonchev–Trinajstić information content (AvgIpc) is 1.97. The molecule has 0 aliphatic rings. The highest BCUT2D eigenvalue weighted by atomic mass is 16.5. The van der Waals surface area contributed by atoms with Crippen molar-refractivity contribution in [2.75, 3.05) is 19.8 Å². The molecule has 2 radical (unpaired) electrons. The predicted molar refractivity (Wildman–Crippen MR) is 41.7 cm³/mol. The van der Waals surface area contributed by atoms with Gasteiger partial charge in [-0.1, -0.05) is 0 Å². The van der Waals surface area contributed by atoms with Crippen LogP contribution in [0.3, 0.4) is 0 Å². The molecular formula is C8H16O3. The van der Waals surface area contributed by atoms with E-state index in [4.69, 9.17) is 9.47 Å². The van der Waals surface area contributed by atoms with Gasteiger partial charge in [0.2, 0.25) is 0 Å². The van der Waals surface area contributed by atoms with E-state index in [0.717, 1.165) is 0 Å². The molecule has 0 saturated carbocycles. The second-order valence-corrected chi connectivity index (χ2v) is 2.53. The third-order valence-corrected chi connectivity index (χ3v) is 1.10. The molecule has 0 N–H and O–H groups in total. The summed E-state index contributed by atoms with van der Waals surface area (Å²) in [6.45, 7) is 7.96. The summed E-state index contributed by atoms with van der Waals surface area (Å²) in [4.78, 5) is 0. The molecule has 0 spiro atoms. The summed E-state index contributed by atoms with van der Waals surface area (Å²) < 4.78 is 10.2. The normalized spacial score (nSPS) is 13.9. The minimum atomic E-state index is -0.190. The van der Waals surface area contributed by atoms with Gasteiger partial charge in [0.25, 0.3) is 0 Å². The standard InChI is InChI=1S/C8H16O3/c1-7(2)11-6-8(3)10-5-4-9/h7-8H,1,4-6H2,2-3H3. The van der Waals surface area contributed by atoms with Gasteiger partial charge in [-0.25, -0.2) is 5.11 Å². The summed E-state index contributed by atoms with van der Waals surface area (Å²) in [6, 6.07) is 0. The molecule has 66 valence electrons. The summed E-state index contributed by atoms with van der Waals surface area (Å²) in [5.74, 6) is 0. The second-order valence-electron chi connectivity index (χ2n) is 2.53. The van der Waals surface area contributed by atoms with Crippen molar-refractivity contribution in [1.29, 1.82) is 0 Å². The van der Waals surface area contributed by atoms with Crippen LogP contribution in [0, 0.1) is 6.92 Å². The van der Waals surface area contributed by atoms with Gasteiger partial charge in [0.1, 0.15) is 6.61 Å². The number of rotatable bonds is 6. The Labute approximate surface area is 68.3 Å². The lowest BCUT2D eigenvalue weighted by Gasteiger charge is -2.13. The monoisotopic (exact) mass is 160 g/mol. The number of hydrogen-bond donors (Lipinski definition) is 0. The summed E-state index contributed by atoms with van der Waals surface area (Å²) in [5, 5.41) is 9.99. The maximum Gasteiger partial charge on any atom is 0.106 e. The van der Waals surface area contributed by atoms with E-state index in [0.29, 0.717) is 6.61 Å². The van der Waals surface area contributed by atoms with Crippen LogP contribution < -0.4 is 0 Å². The minimum absolute atomic E-state index is 0.00634. The second kappa shape index (κ2) is 6.58. The van der Waals surface area contributed by atoms with E-state index in [9.17, 15) is 5.11 Å². The van der Waals surface area contributed by atoms with E-state index in [1.807, 2.05) is 13.8 Å². The third-order valence-electron chi connectivity index (χ3n) is 1.10. The summed E-state index contributed by atoms with van der Waals surface area (Å²) in [6.07, 6.45) is -0.0264. The van der Waals surface area contributed by atoms with Gasteiger partial charge in [0.05, 0.1) is 25.4 Å². The molecule has 0 aromatic rings. The SMILES string of the molecule is [CH2]C(C)OCC(C)OCC[O]. The molecular weight excluding hydrogens is 144 g/mol. The van der Waals surface area contributed by atoms with Gasteiger partial charge in [0, 0.05) is 0 Å². The van der Waals surface area contributed by atoms with Crippen LogP contribution in [0.5, 0.6) is 0 Å². The quantitative estimate of drug-likeness (QED) is 0.582. The molecule has 0 rings (SSSR count). The van der Waals surface area contributed by atoms with Gasteiger partial charge in [0.15, 0.2) is 0 Å². The van der Waals surface area contributed by atoms with Crippen LogP contribution in [0.25, 0.3) is 0 Å². The summed E-state index contributed by atoms with van der Waals surface area (Å²) in [5.41, 5.74) is 0. The highest BCUT2D eigenvalue weighted by Crippen LogP contribution is 1.94. The van der Waals surface area contributed by atoms with Crippen LogP contribution in [0.4, 0.5) is 0 Å². The zero-order valence-electron chi connectivity index (χ0n) is 7.21. The molecule has 11 heavy (non-hydrogen) atoms.